The average molecular weight is 336 g/mol. The predicted molar refractivity (Wildman–Crippen MR) is 77.7 cm³/mol. The van der Waals surface area contributed by atoms with Gasteiger partial charge in [0.2, 0.25) is 0 Å². The molecule has 0 heterocycles. The molecule has 0 aliphatic heterocycles. The molecule has 0 saturated heterocycles. The topological polar surface area (TPSA) is 132 Å². The summed E-state index contributed by atoms with van der Waals surface area (Å²) in [5.41, 5.74) is 10.3. The maximum atomic E-state index is 9.96. The number of carbonyl (C=O) groups is 2. The third-order valence-electron chi connectivity index (χ3n) is 1.87. The minimum Gasteiger partial charge on any atom is -0.548 e. The van der Waals surface area contributed by atoms with Gasteiger partial charge in [0.1, 0.15) is 0 Å². The van der Waals surface area contributed by atoms with Gasteiger partial charge in [0.05, 0.1) is 11.9 Å². The Morgan fingerprint density at radius 3 is 1.37 bits per heavy atom. The van der Waals surface area contributed by atoms with E-state index in [1.54, 1.807) is 23.5 Å². The van der Waals surface area contributed by atoms with Crippen LogP contribution in [0.4, 0.5) is 0 Å². The van der Waals surface area contributed by atoms with Crippen LogP contribution in [0.5, 0.6) is 0 Å². The van der Waals surface area contributed by atoms with Crippen molar-refractivity contribution in [3.63, 3.8) is 0 Å². The molecule has 6 nitrogen and oxygen atoms in total. The van der Waals surface area contributed by atoms with Crippen LogP contribution in [-0.4, -0.2) is 85.8 Å². The molecule has 108 valence electrons. The number of hydrogen-bond acceptors (Lipinski definition) is 8. The van der Waals surface area contributed by atoms with Crippen LogP contribution in [0, 0.1) is 0 Å². The van der Waals surface area contributed by atoms with Crippen molar-refractivity contribution < 1.29 is 19.8 Å². The second kappa shape index (κ2) is 16.9. The largest absolute Gasteiger partial charge is 2.00 e. The first kappa shape index (κ1) is 24.8. The number of nitrogens with two attached hydrogens (primary N) is 2. The summed E-state index contributed by atoms with van der Waals surface area (Å²) in [5, 5.41) is 19.9. The third kappa shape index (κ3) is 18.8. The van der Waals surface area contributed by atoms with Gasteiger partial charge in [-0.15, -0.1) is 0 Å². The number of thioether (sulfide) groups is 2. The third-order valence-corrected chi connectivity index (χ3v) is 3.16. The zero-order chi connectivity index (χ0) is 14.6. The first-order chi connectivity index (χ1) is 8.36. The number of rotatable bonds is 8. The Kier molecular flexibility index (Phi) is 22.0. The molecule has 0 aromatic rings. The van der Waals surface area contributed by atoms with Gasteiger partial charge in [-0.2, -0.15) is 23.5 Å². The van der Waals surface area contributed by atoms with Crippen molar-refractivity contribution in [2.75, 3.05) is 24.0 Å². The predicted octanol–water partition coefficient (Wildman–Crippen LogP) is -2.75. The van der Waals surface area contributed by atoms with Gasteiger partial charge >= 0.3 is 37.7 Å². The fourth-order valence-electron chi connectivity index (χ4n) is 0.725. The van der Waals surface area contributed by atoms with Gasteiger partial charge in [-0.25, -0.2) is 0 Å². The van der Waals surface area contributed by atoms with Crippen molar-refractivity contribution in [2.45, 2.75) is 24.9 Å². The van der Waals surface area contributed by atoms with Gasteiger partial charge < -0.3 is 31.3 Å². The molecule has 0 aromatic carbocycles. The molecule has 9 heteroatoms. The summed E-state index contributed by atoms with van der Waals surface area (Å²) in [4.78, 5) is 19.9. The molecule has 0 amide bonds. The summed E-state index contributed by atoms with van der Waals surface area (Å²) in [6.45, 7) is 0. The molecule has 0 spiro atoms. The van der Waals surface area contributed by atoms with Crippen LogP contribution in [0.2, 0.25) is 0 Å². The number of carbonyl (C=O) groups excluding carboxylic acids is 2. The van der Waals surface area contributed by atoms with Crippen molar-refractivity contribution in [3.05, 3.63) is 0 Å². The molecule has 4 N–H and O–H groups in total. The Labute approximate surface area is 152 Å². The van der Waals surface area contributed by atoms with E-state index in [-0.39, 0.29) is 37.7 Å². The van der Waals surface area contributed by atoms with Gasteiger partial charge in [-0.3, -0.25) is 0 Å². The number of hydrogen-bond donors (Lipinski definition) is 2. The molecular formula is C10H20CaN2O4S2. The second-order valence-electron chi connectivity index (χ2n) is 3.41. The molecule has 19 heavy (non-hydrogen) atoms. The number of aliphatic carboxylic acids is 2. The van der Waals surface area contributed by atoms with Gasteiger partial charge in [-0.1, -0.05) is 0 Å². The SMILES string of the molecule is CSCCC(N)C(=O)[O-].CSCCC(N)C(=O)[O-].[Ca+2]. The van der Waals surface area contributed by atoms with E-state index in [1.807, 2.05) is 12.5 Å². The standard InChI is InChI=1S/2C5H11NO2S.Ca/c2*1-9-3-2-4(6)5(7)8;/h2*4H,2-3,6H2,1H3,(H,7,8);/q;;+2/p-2. The molecule has 2 atom stereocenters. The molecule has 0 aliphatic rings. The van der Waals surface area contributed by atoms with Crippen LogP contribution in [0.15, 0.2) is 0 Å². The number of carboxylic acids is 2. The Morgan fingerprint density at radius 1 is 0.947 bits per heavy atom. The zero-order valence-corrected chi connectivity index (χ0v) is 15.1. The second-order valence-corrected chi connectivity index (χ2v) is 5.39. The van der Waals surface area contributed by atoms with E-state index in [0.29, 0.717) is 12.8 Å². The van der Waals surface area contributed by atoms with Crippen LogP contribution in [-0.2, 0) is 9.59 Å². The maximum absolute atomic E-state index is 9.96. The molecule has 0 aliphatic carbocycles. The molecule has 0 radical (unpaired) electrons. The first-order valence-electron chi connectivity index (χ1n) is 5.27. The quantitative estimate of drug-likeness (QED) is 0.456. The Bertz CT molecular complexity index is 224. The van der Waals surface area contributed by atoms with E-state index < -0.39 is 24.0 Å². The fraction of sp³-hybridized carbons (Fsp3) is 0.800. The van der Waals surface area contributed by atoms with E-state index in [2.05, 4.69) is 0 Å². The van der Waals surface area contributed by atoms with E-state index in [1.165, 1.54) is 0 Å². The summed E-state index contributed by atoms with van der Waals surface area (Å²) in [5.74, 6) is -0.780. The monoisotopic (exact) mass is 336 g/mol. The van der Waals surface area contributed by atoms with Crippen LogP contribution >= 0.6 is 23.5 Å². The van der Waals surface area contributed by atoms with E-state index >= 15 is 0 Å². The molecule has 0 bridgehead atoms. The Morgan fingerprint density at radius 2 is 1.21 bits per heavy atom. The van der Waals surface area contributed by atoms with Crippen LogP contribution in [0.1, 0.15) is 12.8 Å². The van der Waals surface area contributed by atoms with Crippen molar-refractivity contribution >= 4 is 73.2 Å². The minimum absolute atomic E-state index is 0. The van der Waals surface area contributed by atoms with Crippen LogP contribution in [0.3, 0.4) is 0 Å². The zero-order valence-electron chi connectivity index (χ0n) is 11.3. The molecular weight excluding hydrogens is 316 g/mol. The van der Waals surface area contributed by atoms with E-state index in [0.717, 1.165) is 11.5 Å². The smallest absolute Gasteiger partial charge is 0.548 e. The van der Waals surface area contributed by atoms with Gasteiger partial charge in [0.15, 0.2) is 0 Å². The Balaban J connectivity index is -0.000000256. The molecule has 0 rings (SSSR count). The summed E-state index contributed by atoms with van der Waals surface area (Å²) < 4.78 is 0. The molecule has 0 saturated carbocycles. The molecule has 0 fully saturated rings. The van der Waals surface area contributed by atoms with Crippen molar-refractivity contribution in [1.29, 1.82) is 0 Å². The summed E-state index contributed by atoms with van der Waals surface area (Å²) in [6.07, 6.45) is 4.79. The molecule has 2 unspecified atom stereocenters. The summed E-state index contributed by atoms with van der Waals surface area (Å²) >= 11 is 3.15. The van der Waals surface area contributed by atoms with E-state index in [9.17, 15) is 19.8 Å². The van der Waals surface area contributed by atoms with Gasteiger partial charge in [-0.05, 0) is 36.9 Å². The van der Waals surface area contributed by atoms with Crippen molar-refractivity contribution in [2.24, 2.45) is 11.5 Å². The van der Waals surface area contributed by atoms with Gasteiger partial charge in [0, 0.05) is 12.1 Å². The average Bonchev–Trinajstić information content (AvgIpc) is 2.33. The van der Waals surface area contributed by atoms with Crippen molar-refractivity contribution in [1.82, 2.24) is 0 Å². The summed E-state index contributed by atoms with van der Waals surface area (Å²) in [7, 11) is 0. The van der Waals surface area contributed by atoms with Crippen molar-refractivity contribution in [3.8, 4) is 0 Å². The minimum atomic E-state index is -1.16. The van der Waals surface area contributed by atoms with Crippen LogP contribution < -0.4 is 21.7 Å². The first-order valence-corrected chi connectivity index (χ1v) is 8.06. The van der Waals surface area contributed by atoms with Crippen LogP contribution in [0.25, 0.3) is 0 Å². The molecule has 0 aromatic heterocycles. The Hall–Kier alpha value is 0.820. The van der Waals surface area contributed by atoms with E-state index in [4.69, 9.17) is 11.5 Å². The fourth-order valence-corrected chi connectivity index (χ4v) is 1.70. The number of carboxylic acid groups (broad SMARTS) is 2. The normalized spacial score (nSPS) is 12.4. The summed E-state index contributed by atoms with van der Waals surface area (Å²) in [6, 6.07) is -1.59. The van der Waals surface area contributed by atoms with Gasteiger partial charge in [0.25, 0.3) is 0 Å². The maximum Gasteiger partial charge on any atom is 2.00 e.